The van der Waals surface area contributed by atoms with E-state index in [4.69, 9.17) is 5.11 Å². The minimum absolute atomic E-state index is 0.0476. The predicted octanol–water partition coefficient (Wildman–Crippen LogP) is -0.683. The molecule has 0 saturated carbocycles. The third kappa shape index (κ3) is 2.27. The first-order chi connectivity index (χ1) is 8.52. The van der Waals surface area contributed by atoms with Crippen LogP contribution in [0.2, 0.25) is 0 Å². The topological polar surface area (TPSA) is 98.3 Å². The van der Waals surface area contributed by atoms with E-state index < -0.39 is 0 Å². The molecule has 98 valence electrons. The zero-order chi connectivity index (χ0) is 13.3. The van der Waals surface area contributed by atoms with Crippen LogP contribution in [0.4, 0.5) is 5.95 Å². The van der Waals surface area contributed by atoms with Crippen molar-refractivity contribution in [3.8, 4) is 0 Å². The summed E-state index contributed by atoms with van der Waals surface area (Å²) >= 11 is 0. The van der Waals surface area contributed by atoms with Gasteiger partial charge in [0.25, 0.3) is 5.56 Å². The molecule has 7 heteroatoms. The van der Waals surface area contributed by atoms with E-state index in [0.717, 1.165) is 0 Å². The van der Waals surface area contributed by atoms with Crippen LogP contribution in [0.1, 0.15) is 19.0 Å². The molecule has 1 amide bonds. The quantitative estimate of drug-likeness (QED) is 0.662. The van der Waals surface area contributed by atoms with Gasteiger partial charge in [0.1, 0.15) is 0 Å². The SMILES string of the molecule is Cc1cc(=O)[nH]c(N2NC(C)C(CCO)C2=O)n1. The average Bonchev–Trinajstić information content (AvgIpc) is 2.56. The fraction of sp³-hybridized carbons (Fsp3) is 0.545. The maximum atomic E-state index is 12.1. The van der Waals surface area contributed by atoms with Gasteiger partial charge in [-0.2, -0.15) is 0 Å². The molecule has 1 aromatic heterocycles. The van der Waals surface area contributed by atoms with Crippen LogP contribution in [0.3, 0.4) is 0 Å². The second kappa shape index (κ2) is 4.87. The number of amides is 1. The number of aliphatic hydroxyl groups is 1. The van der Waals surface area contributed by atoms with Gasteiger partial charge in [-0.25, -0.2) is 15.4 Å². The van der Waals surface area contributed by atoms with Crippen molar-refractivity contribution in [3.05, 3.63) is 22.1 Å². The minimum atomic E-state index is -0.305. The summed E-state index contributed by atoms with van der Waals surface area (Å²) in [7, 11) is 0. The number of rotatable bonds is 3. The summed E-state index contributed by atoms with van der Waals surface area (Å²) in [5.74, 6) is -0.302. The highest BCUT2D eigenvalue weighted by Crippen LogP contribution is 2.21. The number of hydrogen-bond donors (Lipinski definition) is 3. The van der Waals surface area contributed by atoms with Gasteiger partial charge in [0.2, 0.25) is 11.9 Å². The van der Waals surface area contributed by atoms with Crippen LogP contribution in [-0.4, -0.2) is 33.6 Å². The van der Waals surface area contributed by atoms with Gasteiger partial charge in [-0.1, -0.05) is 0 Å². The first-order valence-electron chi connectivity index (χ1n) is 5.82. The summed E-state index contributed by atoms with van der Waals surface area (Å²) in [4.78, 5) is 30.1. The Bertz CT molecular complexity index is 513. The molecule has 1 fully saturated rings. The lowest BCUT2D eigenvalue weighted by Gasteiger charge is -2.14. The lowest BCUT2D eigenvalue weighted by molar-refractivity contribution is -0.121. The first-order valence-corrected chi connectivity index (χ1v) is 5.82. The lowest BCUT2D eigenvalue weighted by Crippen LogP contribution is -2.39. The minimum Gasteiger partial charge on any atom is -0.396 e. The summed E-state index contributed by atoms with van der Waals surface area (Å²) in [5.41, 5.74) is 3.19. The maximum absolute atomic E-state index is 12.1. The molecule has 0 radical (unpaired) electrons. The third-order valence-electron chi connectivity index (χ3n) is 2.98. The Morgan fingerprint density at radius 2 is 2.22 bits per heavy atom. The zero-order valence-corrected chi connectivity index (χ0v) is 10.3. The number of hydrazine groups is 1. The second-order valence-electron chi connectivity index (χ2n) is 4.42. The predicted molar refractivity (Wildman–Crippen MR) is 64.9 cm³/mol. The highest BCUT2D eigenvalue weighted by Gasteiger charge is 2.38. The molecule has 0 aromatic carbocycles. The summed E-state index contributed by atoms with van der Waals surface area (Å²) in [5, 5.41) is 10.2. The molecule has 1 aromatic rings. The Morgan fingerprint density at radius 3 is 2.83 bits per heavy atom. The van der Waals surface area contributed by atoms with E-state index in [-0.39, 0.29) is 36.0 Å². The molecule has 2 heterocycles. The Kier molecular flexibility index (Phi) is 3.44. The second-order valence-corrected chi connectivity index (χ2v) is 4.42. The van der Waals surface area contributed by atoms with Gasteiger partial charge >= 0.3 is 0 Å². The first kappa shape index (κ1) is 12.7. The highest BCUT2D eigenvalue weighted by atomic mass is 16.3. The van der Waals surface area contributed by atoms with Crippen LogP contribution in [0.25, 0.3) is 0 Å². The number of carbonyl (C=O) groups is 1. The van der Waals surface area contributed by atoms with Crippen molar-refractivity contribution in [3.63, 3.8) is 0 Å². The van der Waals surface area contributed by atoms with Gasteiger partial charge in [-0.15, -0.1) is 0 Å². The smallest absolute Gasteiger partial charge is 0.252 e. The zero-order valence-electron chi connectivity index (χ0n) is 10.3. The van der Waals surface area contributed by atoms with Gasteiger partial charge in [-0.05, 0) is 20.3 Å². The van der Waals surface area contributed by atoms with Crippen LogP contribution in [0.15, 0.2) is 10.9 Å². The summed E-state index contributed by atoms with van der Waals surface area (Å²) in [6.07, 6.45) is 0.388. The van der Waals surface area contributed by atoms with Crippen molar-refractivity contribution in [2.45, 2.75) is 26.3 Å². The van der Waals surface area contributed by atoms with E-state index >= 15 is 0 Å². The number of aromatic amines is 1. The Hall–Kier alpha value is -1.73. The van der Waals surface area contributed by atoms with Gasteiger partial charge in [0.15, 0.2) is 0 Å². The molecule has 0 spiro atoms. The third-order valence-corrected chi connectivity index (χ3v) is 2.98. The number of nitrogens with one attached hydrogen (secondary N) is 2. The maximum Gasteiger partial charge on any atom is 0.252 e. The number of nitrogens with zero attached hydrogens (tertiary/aromatic N) is 2. The fourth-order valence-corrected chi connectivity index (χ4v) is 2.08. The van der Waals surface area contributed by atoms with Gasteiger partial charge < -0.3 is 5.11 Å². The van der Waals surface area contributed by atoms with Crippen molar-refractivity contribution < 1.29 is 9.90 Å². The van der Waals surface area contributed by atoms with Crippen LogP contribution in [0, 0.1) is 12.8 Å². The molecule has 1 aliphatic heterocycles. The van der Waals surface area contributed by atoms with Crippen molar-refractivity contribution in [2.24, 2.45) is 5.92 Å². The van der Waals surface area contributed by atoms with Crippen LogP contribution in [0.5, 0.6) is 0 Å². The number of anilines is 1. The molecular weight excluding hydrogens is 236 g/mol. The fourth-order valence-electron chi connectivity index (χ4n) is 2.08. The Labute approximate surface area is 104 Å². The van der Waals surface area contributed by atoms with Crippen molar-refractivity contribution in [2.75, 3.05) is 11.6 Å². The number of aromatic nitrogens is 2. The van der Waals surface area contributed by atoms with E-state index in [1.54, 1.807) is 6.92 Å². The van der Waals surface area contributed by atoms with Crippen molar-refractivity contribution >= 4 is 11.9 Å². The number of aliphatic hydroxyl groups excluding tert-OH is 1. The standard InChI is InChI=1S/C11H16N4O3/c1-6-5-9(17)13-11(12-6)15-10(18)8(3-4-16)7(2)14-15/h5,7-8,14,16H,3-4H2,1-2H3,(H,12,13,17). The molecule has 7 nitrogen and oxygen atoms in total. The van der Waals surface area contributed by atoms with E-state index in [0.29, 0.717) is 12.1 Å². The lowest BCUT2D eigenvalue weighted by atomic mass is 9.99. The number of H-pyrrole nitrogens is 1. The van der Waals surface area contributed by atoms with Gasteiger partial charge in [0.05, 0.1) is 5.92 Å². The van der Waals surface area contributed by atoms with Crippen LogP contribution < -0.4 is 16.0 Å². The van der Waals surface area contributed by atoms with Crippen LogP contribution in [-0.2, 0) is 4.79 Å². The molecule has 2 unspecified atom stereocenters. The largest absolute Gasteiger partial charge is 0.396 e. The van der Waals surface area contributed by atoms with Gasteiger partial charge in [-0.3, -0.25) is 14.6 Å². The average molecular weight is 252 g/mol. The normalized spacial score (nSPS) is 23.7. The summed E-state index contributed by atoms with van der Waals surface area (Å²) in [6.45, 7) is 3.49. The molecule has 3 N–H and O–H groups in total. The number of carbonyl (C=O) groups excluding carboxylic acids is 1. The number of hydrogen-bond acceptors (Lipinski definition) is 5. The van der Waals surface area contributed by atoms with Crippen molar-refractivity contribution in [1.82, 2.24) is 15.4 Å². The van der Waals surface area contributed by atoms with E-state index in [1.165, 1.54) is 11.1 Å². The van der Waals surface area contributed by atoms with Crippen molar-refractivity contribution in [1.29, 1.82) is 0 Å². The van der Waals surface area contributed by atoms with E-state index in [1.807, 2.05) is 6.92 Å². The molecule has 0 aliphatic carbocycles. The summed E-state index contributed by atoms with van der Waals surface area (Å²) < 4.78 is 0. The monoisotopic (exact) mass is 252 g/mol. The number of aryl methyl sites for hydroxylation is 1. The van der Waals surface area contributed by atoms with E-state index in [9.17, 15) is 9.59 Å². The Balaban J connectivity index is 2.29. The molecule has 1 aliphatic rings. The van der Waals surface area contributed by atoms with Crippen LogP contribution >= 0.6 is 0 Å². The summed E-state index contributed by atoms with van der Waals surface area (Å²) in [6, 6.07) is 1.26. The molecule has 2 rings (SSSR count). The Morgan fingerprint density at radius 1 is 1.50 bits per heavy atom. The molecule has 2 atom stereocenters. The molecular formula is C11H16N4O3. The molecule has 18 heavy (non-hydrogen) atoms. The molecule has 1 saturated heterocycles. The highest BCUT2D eigenvalue weighted by molar-refractivity contribution is 5.95. The van der Waals surface area contributed by atoms with E-state index in [2.05, 4.69) is 15.4 Å². The molecule has 0 bridgehead atoms. The van der Waals surface area contributed by atoms with Gasteiger partial charge in [0, 0.05) is 24.4 Å².